The predicted octanol–water partition coefficient (Wildman–Crippen LogP) is 2.90. The molecule has 0 atom stereocenters. The Labute approximate surface area is 347 Å². The third kappa shape index (κ3) is 17.3. The third-order valence-corrected chi connectivity index (χ3v) is 8.74. The van der Waals surface area contributed by atoms with E-state index in [1.807, 2.05) is 0 Å². The number of benzene rings is 1. The zero-order valence-electron chi connectivity index (χ0n) is 35.1. The summed E-state index contributed by atoms with van der Waals surface area (Å²) in [5, 5.41) is 0. The standard InChI is InChI=1S/C36H56N2O20P2/c1-24(2)56-32(40)28-30(58-34(42)36(5,6)23-53-17-15-51-19-21-55-60(46,47)48)29(27(31(39)37(7)8)38(28)25-10-12-26(49-9)13-11-25)57-33(41)35(3,4)22-52-16-14-50-18-20-54-59(43,44)45/h10-13,24H,14-23H2,1-9H3,(H2,43,44,45)(H2,46,47,48). The summed E-state index contributed by atoms with van der Waals surface area (Å²) in [7, 11) is -5.02. The normalized spacial score (nSPS) is 12.4. The van der Waals surface area contributed by atoms with Crippen LogP contribution in [0.1, 0.15) is 62.5 Å². The summed E-state index contributed by atoms with van der Waals surface area (Å²) in [6.07, 6.45) is -0.701. The summed E-state index contributed by atoms with van der Waals surface area (Å²) in [5.74, 6) is -4.50. The summed E-state index contributed by atoms with van der Waals surface area (Å²) in [4.78, 5) is 92.5. The van der Waals surface area contributed by atoms with Crippen molar-refractivity contribution in [2.45, 2.75) is 47.6 Å². The van der Waals surface area contributed by atoms with E-state index >= 15 is 0 Å². The van der Waals surface area contributed by atoms with Crippen LogP contribution >= 0.6 is 15.6 Å². The Morgan fingerprint density at radius 3 is 1.45 bits per heavy atom. The van der Waals surface area contributed by atoms with Crippen LogP contribution in [0.2, 0.25) is 0 Å². The fraction of sp³-hybridized carbons (Fsp3) is 0.611. The first kappa shape index (κ1) is 52.4. The van der Waals surface area contributed by atoms with Crippen molar-refractivity contribution in [2.24, 2.45) is 10.8 Å². The summed E-state index contributed by atoms with van der Waals surface area (Å²) in [6, 6.07) is 6.14. The first-order valence-electron chi connectivity index (χ1n) is 18.3. The quantitative estimate of drug-likeness (QED) is 0.0570. The molecule has 24 heteroatoms. The van der Waals surface area contributed by atoms with Crippen LogP contribution in [0.3, 0.4) is 0 Å². The van der Waals surface area contributed by atoms with Crippen LogP contribution < -0.4 is 14.2 Å². The number of phosphoric ester groups is 2. The minimum atomic E-state index is -4.65. The van der Waals surface area contributed by atoms with Crippen LogP contribution in [0, 0.1) is 10.8 Å². The van der Waals surface area contributed by atoms with E-state index in [1.54, 1.807) is 26.0 Å². The monoisotopic (exact) mass is 898 g/mol. The van der Waals surface area contributed by atoms with Crippen molar-refractivity contribution in [3.05, 3.63) is 35.7 Å². The lowest BCUT2D eigenvalue weighted by molar-refractivity contribution is -0.150. The maximum Gasteiger partial charge on any atom is 0.469 e. The highest BCUT2D eigenvalue weighted by Crippen LogP contribution is 2.44. The molecule has 0 aliphatic heterocycles. The molecule has 340 valence electrons. The highest BCUT2D eigenvalue weighted by Gasteiger charge is 2.42. The van der Waals surface area contributed by atoms with Gasteiger partial charge in [0.1, 0.15) is 5.75 Å². The number of phosphoric acid groups is 2. The molecule has 0 radical (unpaired) electrons. The lowest BCUT2D eigenvalue weighted by atomic mass is 9.95. The Hall–Kier alpha value is -3.76. The maximum absolute atomic E-state index is 14.1. The molecule has 1 heterocycles. The van der Waals surface area contributed by atoms with Gasteiger partial charge >= 0.3 is 33.6 Å². The highest BCUT2D eigenvalue weighted by atomic mass is 31.2. The second kappa shape index (κ2) is 23.5. The van der Waals surface area contributed by atoms with Crippen LogP contribution in [0.25, 0.3) is 5.69 Å². The molecule has 1 aromatic heterocycles. The molecule has 22 nitrogen and oxygen atoms in total. The second-order valence-electron chi connectivity index (χ2n) is 14.6. The molecule has 0 saturated heterocycles. The summed E-state index contributed by atoms with van der Waals surface area (Å²) in [6.45, 7) is 7.37. The number of esters is 3. The van der Waals surface area contributed by atoms with Gasteiger partial charge < -0.3 is 62.4 Å². The molecule has 1 aromatic carbocycles. The van der Waals surface area contributed by atoms with Crippen LogP contribution in [-0.2, 0) is 51.5 Å². The Kier molecular flexibility index (Phi) is 20.5. The largest absolute Gasteiger partial charge is 0.497 e. The van der Waals surface area contributed by atoms with Crippen molar-refractivity contribution in [1.82, 2.24) is 9.47 Å². The molecular weight excluding hydrogens is 842 g/mol. The number of hydrogen-bond donors (Lipinski definition) is 4. The van der Waals surface area contributed by atoms with Crippen LogP contribution in [0.4, 0.5) is 0 Å². The van der Waals surface area contributed by atoms with E-state index in [4.69, 9.17) is 57.5 Å². The number of methoxy groups -OCH3 is 1. The number of carbonyl (C=O) groups excluding carboxylic acids is 4. The van der Waals surface area contributed by atoms with Crippen molar-refractivity contribution < 1.29 is 94.8 Å². The van der Waals surface area contributed by atoms with E-state index in [0.29, 0.717) is 5.75 Å². The van der Waals surface area contributed by atoms with E-state index < -0.39 is 73.6 Å². The minimum absolute atomic E-state index is 0.0237. The SMILES string of the molecule is COc1ccc(-n2c(C(=O)OC(C)C)c(OC(=O)C(C)(C)COCCOCCOP(=O)(O)O)c(OC(=O)C(C)(C)COCCOCCOP(=O)(O)O)c2C(=O)N(C)C)cc1. The first-order valence-corrected chi connectivity index (χ1v) is 21.4. The van der Waals surface area contributed by atoms with Crippen molar-refractivity contribution in [3.63, 3.8) is 0 Å². The van der Waals surface area contributed by atoms with Gasteiger partial charge in [0.25, 0.3) is 5.91 Å². The number of rotatable bonds is 27. The molecule has 0 bridgehead atoms. The third-order valence-electron chi connectivity index (χ3n) is 7.70. The fourth-order valence-corrected chi connectivity index (χ4v) is 5.30. The lowest BCUT2D eigenvalue weighted by Gasteiger charge is -2.24. The number of carbonyl (C=O) groups is 4. The molecule has 0 aliphatic rings. The number of ether oxygens (including phenoxy) is 8. The molecule has 0 aliphatic carbocycles. The van der Waals surface area contributed by atoms with Gasteiger partial charge in [0.15, 0.2) is 11.4 Å². The average Bonchev–Trinajstić information content (AvgIpc) is 3.44. The molecular formula is C36H56N2O20P2. The first-order chi connectivity index (χ1) is 27.8. The maximum atomic E-state index is 14.1. The van der Waals surface area contributed by atoms with Gasteiger partial charge in [-0.2, -0.15) is 0 Å². The zero-order valence-corrected chi connectivity index (χ0v) is 36.9. The van der Waals surface area contributed by atoms with Crippen molar-refractivity contribution in [3.8, 4) is 22.9 Å². The second-order valence-corrected chi connectivity index (χ2v) is 17.0. The van der Waals surface area contributed by atoms with Crippen LogP contribution in [0.15, 0.2) is 24.3 Å². The van der Waals surface area contributed by atoms with Crippen molar-refractivity contribution in [2.75, 3.05) is 87.3 Å². The molecule has 2 aromatic rings. The van der Waals surface area contributed by atoms with E-state index in [1.165, 1.54) is 61.0 Å². The zero-order chi connectivity index (χ0) is 45.5. The molecule has 0 fully saturated rings. The van der Waals surface area contributed by atoms with Gasteiger partial charge in [-0.3, -0.25) is 28.0 Å². The van der Waals surface area contributed by atoms with Gasteiger partial charge in [0.05, 0.1) is 90.1 Å². The van der Waals surface area contributed by atoms with E-state index in [2.05, 4.69) is 9.05 Å². The van der Waals surface area contributed by atoms with Crippen LogP contribution in [-0.4, -0.2) is 146 Å². The molecule has 1 amide bonds. The van der Waals surface area contributed by atoms with Crippen molar-refractivity contribution in [1.29, 1.82) is 0 Å². The van der Waals surface area contributed by atoms with E-state index in [-0.39, 0.29) is 77.5 Å². The van der Waals surface area contributed by atoms with Gasteiger partial charge in [0, 0.05) is 19.8 Å². The lowest BCUT2D eigenvalue weighted by Crippen LogP contribution is -2.36. The van der Waals surface area contributed by atoms with E-state index in [9.17, 15) is 28.3 Å². The smallest absolute Gasteiger partial charge is 0.469 e. The number of amides is 1. The molecule has 2 rings (SSSR count). The Morgan fingerprint density at radius 1 is 0.667 bits per heavy atom. The molecule has 4 N–H and O–H groups in total. The Bertz CT molecular complexity index is 1830. The fourth-order valence-electron chi connectivity index (χ4n) is 4.67. The van der Waals surface area contributed by atoms with Gasteiger partial charge in [-0.15, -0.1) is 0 Å². The summed E-state index contributed by atoms with van der Waals surface area (Å²) in [5.41, 5.74) is -3.55. The van der Waals surface area contributed by atoms with Crippen molar-refractivity contribution >= 4 is 39.5 Å². The molecule has 0 spiro atoms. The number of aromatic nitrogens is 1. The van der Waals surface area contributed by atoms with Crippen LogP contribution in [0.5, 0.6) is 17.2 Å². The topological polar surface area (TPSA) is 284 Å². The number of nitrogens with zero attached hydrogens (tertiary/aromatic N) is 2. The van der Waals surface area contributed by atoms with E-state index in [0.717, 1.165) is 9.47 Å². The van der Waals surface area contributed by atoms with Gasteiger partial charge in [0.2, 0.25) is 11.5 Å². The highest BCUT2D eigenvalue weighted by molar-refractivity contribution is 7.46. The Morgan fingerprint density at radius 2 is 1.07 bits per heavy atom. The molecule has 0 saturated carbocycles. The number of hydrogen-bond acceptors (Lipinski definition) is 16. The predicted molar refractivity (Wildman–Crippen MR) is 209 cm³/mol. The summed E-state index contributed by atoms with van der Waals surface area (Å²) >= 11 is 0. The average molecular weight is 899 g/mol. The Balaban J connectivity index is 2.57. The molecule has 0 unspecified atom stereocenters. The molecule has 60 heavy (non-hydrogen) atoms. The van der Waals surface area contributed by atoms with Gasteiger partial charge in [-0.1, -0.05) is 0 Å². The van der Waals surface area contributed by atoms with Gasteiger partial charge in [-0.05, 0) is 65.8 Å². The summed E-state index contributed by atoms with van der Waals surface area (Å²) < 4.78 is 75.9. The van der Waals surface area contributed by atoms with Gasteiger partial charge in [-0.25, -0.2) is 13.9 Å². The minimum Gasteiger partial charge on any atom is -0.497 e.